The third-order valence-electron chi connectivity index (χ3n) is 3.80. The Balaban J connectivity index is 1.64. The molecule has 0 aliphatic rings. The molecule has 7 heteroatoms. The predicted molar refractivity (Wildman–Crippen MR) is 105 cm³/mol. The highest BCUT2D eigenvalue weighted by molar-refractivity contribution is 6.30. The van der Waals surface area contributed by atoms with E-state index < -0.39 is 0 Å². The number of carbonyl (C=O) groups excluding carboxylic acids is 2. The highest BCUT2D eigenvalue weighted by Crippen LogP contribution is 2.13. The van der Waals surface area contributed by atoms with Crippen LogP contribution in [-0.4, -0.2) is 21.7 Å². The highest BCUT2D eigenvalue weighted by atomic mass is 35.5. The Labute approximate surface area is 161 Å². The maximum Gasteiger partial charge on any atom is 0.274 e. The molecule has 27 heavy (non-hydrogen) atoms. The van der Waals surface area contributed by atoms with E-state index in [0.717, 1.165) is 5.56 Å². The molecule has 2 N–H and O–H groups in total. The normalized spacial score (nSPS) is 10.3. The van der Waals surface area contributed by atoms with Gasteiger partial charge in [-0.1, -0.05) is 23.7 Å². The molecule has 0 unspecified atom stereocenters. The van der Waals surface area contributed by atoms with Crippen molar-refractivity contribution in [3.8, 4) is 0 Å². The van der Waals surface area contributed by atoms with Gasteiger partial charge in [0.2, 0.25) is 5.95 Å². The molecule has 3 rings (SSSR count). The molecule has 136 valence electrons. The Morgan fingerprint density at radius 3 is 2.37 bits per heavy atom. The van der Waals surface area contributed by atoms with Crippen LogP contribution in [0.1, 0.15) is 33.3 Å². The van der Waals surface area contributed by atoms with Gasteiger partial charge in [0.05, 0.1) is 0 Å². The van der Waals surface area contributed by atoms with E-state index in [9.17, 15) is 9.59 Å². The number of nitrogens with one attached hydrogen (secondary N) is 2. The number of hydrogen-bond acceptors (Lipinski definition) is 5. The number of benzene rings is 2. The monoisotopic (exact) mass is 380 g/mol. The van der Waals surface area contributed by atoms with Crippen molar-refractivity contribution in [3.63, 3.8) is 0 Å². The Hall–Kier alpha value is -3.25. The molecule has 0 spiro atoms. The zero-order valence-electron chi connectivity index (χ0n) is 14.6. The Kier molecular flexibility index (Phi) is 5.78. The van der Waals surface area contributed by atoms with Crippen molar-refractivity contribution < 1.29 is 9.59 Å². The number of rotatable bonds is 6. The Morgan fingerprint density at radius 1 is 1.00 bits per heavy atom. The van der Waals surface area contributed by atoms with E-state index >= 15 is 0 Å². The number of halogens is 1. The second-order valence-electron chi connectivity index (χ2n) is 5.83. The van der Waals surface area contributed by atoms with Gasteiger partial charge in [-0.2, -0.15) is 0 Å². The Morgan fingerprint density at radius 2 is 1.70 bits per heavy atom. The second-order valence-corrected chi connectivity index (χ2v) is 6.27. The van der Waals surface area contributed by atoms with Gasteiger partial charge in [0.1, 0.15) is 5.69 Å². The summed E-state index contributed by atoms with van der Waals surface area (Å²) in [6, 6.07) is 15.6. The average molecular weight is 381 g/mol. The molecule has 0 saturated heterocycles. The zero-order chi connectivity index (χ0) is 19.2. The molecule has 3 aromatic rings. The second kappa shape index (κ2) is 8.42. The third-order valence-corrected chi connectivity index (χ3v) is 4.05. The largest absolute Gasteiger partial charge is 0.350 e. The van der Waals surface area contributed by atoms with E-state index in [1.54, 1.807) is 36.4 Å². The van der Waals surface area contributed by atoms with E-state index in [2.05, 4.69) is 20.6 Å². The summed E-state index contributed by atoms with van der Waals surface area (Å²) >= 11 is 5.87. The number of amides is 1. The third kappa shape index (κ3) is 5.12. The van der Waals surface area contributed by atoms with Crippen LogP contribution in [0.25, 0.3) is 0 Å². The summed E-state index contributed by atoms with van der Waals surface area (Å²) in [7, 11) is 0. The lowest BCUT2D eigenvalue weighted by Crippen LogP contribution is -2.15. The van der Waals surface area contributed by atoms with Crippen molar-refractivity contribution in [2.75, 3.05) is 10.6 Å². The van der Waals surface area contributed by atoms with Gasteiger partial charge in [0.25, 0.3) is 5.91 Å². The number of aromatic nitrogens is 2. The van der Waals surface area contributed by atoms with Crippen molar-refractivity contribution >= 4 is 34.9 Å². The lowest BCUT2D eigenvalue weighted by molar-refractivity contribution is 0.101. The number of anilines is 2. The molecule has 0 bridgehead atoms. The minimum absolute atomic E-state index is 0.0277. The average Bonchev–Trinajstić information content (AvgIpc) is 2.68. The first-order valence-electron chi connectivity index (χ1n) is 8.25. The fourth-order valence-corrected chi connectivity index (χ4v) is 2.46. The number of nitrogens with zero attached hydrogens (tertiary/aromatic N) is 2. The number of Topliss-reactive ketones (excluding diaryl/α,β-unsaturated/α-hetero) is 1. The summed E-state index contributed by atoms with van der Waals surface area (Å²) in [6.45, 7) is 2.00. The molecule has 0 atom stereocenters. The van der Waals surface area contributed by atoms with Crippen LogP contribution in [0.4, 0.5) is 11.6 Å². The maximum atomic E-state index is 12.4. The van der Waals surface area contributed by atoms with Crippen molar-refractivity contribution in [3.05, 3.63) is 82.6 Å². The van der Waals surface area contributed by atoms with E-state index in [0.29, 0.717) is 28.8 Å². The lowest BCUT2D eigenvalue weighted by Gasteiger charge is -2.08. The van der Waals surface area contributed by atoms with Crippen molar-refractivity contribution in [2.45, 2.75) is 13.5 Å². The van der Waals surface area contributed by atoms with E-state index in [1.165, 1.54) is 19.2 Å². The molecule has 0 fully saturated rings. The van der Waals surface area contributed by atoms with Crippen molar-refractivity contribution in [2.24, 2.45) is 0 Å². The summed E-state index contributed by atoms with van der Waals surface area (Å²) < 4.78 is 0. The van der Waals surface area contributed by atoms with Crippen LogP contribution in [0.3, 0.4) is 0 Å². The van der Waals surface area contributed by atoms with E-state index in [4.69, 9.17) is 11.6 Å². The smallest absolute Gasteiger partial charge is 0.274 e. The molecule has 1 aromatic heterocycles. The standard InChI is InChI=1S/C20H17ClN4O2/c1-13(26)15-4-8-17(9-5-15)24-19(27)18-10-11-22-20(25-18)23-12-14-2-6-16(21)7-3-14/h2-11H,12H2,1H3,(H,24,27)(H,22,23,25). The molecule has 0 radical (unpaired) electrons. The van der Waals surface area contributed by atoms with E-state index in [1.807, 2.05) is 12.1 Å². The van der Waals surface area contributed by atoms with Crippen molar-refractivity contribution in [1.82, 2.24) is 9.97 Å². The fourth-order valence-electron chi connectivity index (χ4n) is 2.34. The van der Waals surface area contributed by atoms with Gasteiger partial charge < -0.3 is 10.6 Å². The fraction of sp³-hybridized carbons (Fsp3) is 0.100. The van der Waals surface area contributed by atoms with Crippen LogP contribution >= 0.6 is 11.6 Å². The van der Waals surface area contributed by atoms with Crippen LogP contribution < -0.4 is 10.6 Å². The van der Waals surface area contributed by atoms with Gasteiger partial charge in [-0.25, -0.2) is 9.97 Å². The molecule has 0 saturated carbocycles. The maximum absolute atomic E-state index is 12.4. The van der Waals surface area contributed by atoms with Gasteiger partial charge in [0, 0.05) is 29.0 Å². The highest BCUT2D eigenvalue weighted by Gasteiger charge is 2.10. The molecule has 0 aliphatic heterocycles. The molecular formula is C20H17ClN4O2. The summed E-state index contributed by atoms with van der Waals surface area (Å²) in [5.74, 6) is -0.0351. The first-order chi connectivity index (χ1) is 13.0. The summed E-state index contributed by atoms with van der Waals surface area (Å²) in [5, 5.41) is 6.50. The molecule has 6 nitrogen and oxygen atoms in total. The van der Waals surface area contributed by atoms with E-state index in [-0.39, 0.29) is 17.4 Å². The number of hydrogen-bond donors (Lipinski definition) is 2. The van der Waals surface area contributed by atoms with Crippen molar-refractivity contribution in [1.29, 1.82) is 0 Å². The summed E-state index contributed by atoms with van der Waals surface area (Å²) in [5.41, 5.74) is 2.42. The van der Waals surface area contributed by atoms with Gasteiger partial charge in [-0.05, 0) is 55.0 Å². The first kappa shape index (κ1) is 18.5. The van der Waals surface area contributed by atoms with Crippen LogP contribution in [0.5, 0.6) is 0 Å². The summed E-state index contributed by atoms with van der Waals surface area (Å²) in [4.78, 5) is 32.0. The Bertz CT molecular complexity index is 956. The van der Waals surface area contributed by atoms with Gasteiger partial charge in [-0.3, -0.25) is 9.59 Å². The minimum Gasteiger partial charge on any atom is -0.350 e. The molecule has 2 aromatic carbocycles. The van der Waals surface area contributed by atoms with Gasteiger partial charge in [-0.15, -0.1) is 0 Å². The van der Waals surface area contributed by atoms with Crippen LogP contribution in [0, 0.1) is 0 Å². The first-order valence-corrected chi connectivity index (χ1v) is 8.63. The van der Waals surface area contributed by atoms with Gasteiger partial charge >= 0.3 is 0 Å². The zero-order valence-corrected chi connectivity index (χ0v) is 15.3. The topological polar surface area (TPSA) is 84.0 Å². The molecule has 1 heterocycles. The SMILES string of the molecule is CC(=O)c1ccc(NC(=O)c2ccnc(NCc3ccc(Cl)cc3)n2)cc1. The van der Waals surface area contributed by atoms with Crippen LogP contribution in [0.2, 0.25) is 5.02 Å². The molecule has 0 aliphatic carbocycles. The number of ketones is 1. The summed E-state index contributed by atoms with van der Waals surface area (Å²) in [6.07, 6.45) is 1.52. The van der Waals surface area contributed by atoms with Crippen LogP contribution in [0.15, 0.2) is 60.8 Å². The molecule has 1 amide bonds. The molecular weight excluding hydrogens is 364 g/mol. The van der Waals surface area contributed by atoms with Gasteiger partial charge in [0.15, 0.2) is 5.78 Å². The minimum atomic E-state index is -0.359. The lowest BCUT2D eigenvalue weighted by atomic mass is 10.1. The quantitative estimate of drug-likeness (QED) is 0.626. The number of carbonyl (C=O) groups is 2. The predicted octanol–water partition coefficient (Wildman–Crippen LogP) is 4.20. The van der Waals surface area contributed by atoms with Crippen LogP contribution in [-0.2, 0) is 6.54 Å².